The van der Waals surface area contributed by atoms with Gasteiger partial charge in [0.05, 0.1) is 11.9 Å². The summed E-state index contributed by atoms with van der Waals surface area (Å²) in [5.74, 6) is -1.34. The number of nitrogens with zero attached hydrogens (tertiary/aromatic N) is 2. The van der Waals surface area contributed by atoms with E-state index in [1.807, 2.05) is 41.0 Å². The Bertz CT molecular complexity index is 1260. The van der Waals surface area contributed by atoms with Gasteiger partial charge in [0.1, 0.15) is 11.5 Å². The van der Waals surface area contributed by atoms with Crippen LogP contribution in [0.5, 0.6) is 0 Å². The Morgan fingerprint density at radius 2 is 1.45 bits per heavy atom. The Morgan fingerprint density at radius 1 is 0.848 bits per heavy atom. The Kier molecular flexibility index (Phi) is 6.59. The molecular formula is C26H23FN4O2. The Balaban J connectivity index is 1.35. The number of anilines is 2. The van der Waals surface area contributed by atoms with E-state index in [9.17, 15) is 14.0 Å². The van der Waals surface area contributed by atoms with Gasteiger partial charge in [-0.3, -0.25) is 9.59 Å². The molecule has 1 heterocycles. The standard InChI is InChI=1S/C26H23FN4O2/c1-2-18-7-11-21(12-8-18)30-26(33)24-16-31(17-28-24)15-19-9-13-20(14-10-19)29-25(32)22-5-3-4-6-23(22)27/h3-14,16-17H,2,15H2,1H3,(H,29,32)(H,30,33). The maximum absolute atomic E-state index is 13.8. The van der Waals surface area contributed by atoms with Crippen LogP contribution in [-0.2, 0) is 13.0 Å². The molecule has 0 atom stereocenters. The van der Waals surface area contributed by atoms with Crippen molar-refractivity contribution in [2.24, 2.45) is 0 Å². The van der Waals surface area contributed by atoms with E-state index in [1.54, 1.807) is 30.7 Å². The van der Waals surface area contributed by atoms with Gasteiger partial charge in [-0.1, -0.05) is 43.3 Å². The fraction of sp³-hybridized carbons (Fsp3) is 0.115. The van der Waals surface area contributed by atoms with Crippen LogP contribution >= 0.6 is 0 Å². The second-order valence-corrected chi connectivity index (χ2v) is 7.57. The van der Waals surface area contributed by atoms with Crippen molar-refractivity contribution in [3.8, 4) is 0 Å². The van der Waals surface area contributed by atoms with Gasteiger partial charge in [0, 0.05) is 24.1 Å². The normalized spacial score (nSPS) is 10.6. The van der Waals surface area contributed by atoms with Crippen molar-refractivity contribution in [2.45, 2.75) is 19.9 Å². The van der Waals surface area contributed by atoms with Gasteiger partial charge >= 0.3 is 0 Å². The molecule has 33 heavy (non-hydrogen) atoms. The molecular weight excluding hydrogens is 419 g/mol. The zero-order chi connectivity index (χ0) is 23.2. The van der Waals surface area contributed by atoms with Gasteiger partial charge in [-0.25, -0.2) is 9.37 Å². The summed E-state index contributed by atoms with van der Waals surface area (Å²) in [5, 5.41) is 5.54. The second kappa shape index (κ2) is 9.91. The number of halogens is 1. The minimum absolute atomic E-state index is 0.00731. The number of hydrogen-bond donors (Lipinski definition) is 2. The smallest absolute Gasteiger partial charge is 0.275 e. The highest BCUT2D eigenvalue weighted by Crippen LogP contribution is 2.15. The number of amides is 2. The topological polar surface area (TPSA) is 76.0 Å². The predicted octanol–water partition coefficient (Wildman–Crippen LogP) is 5.14. The van der Waals surface area contributed by atoms with E-state index in [2.05, 4.69) is 22.5 Å². The zero-order valence-electron chi connectivity index (χ0n) is 18.1. The number of carbonyl (C=O) groups excluding carboxylic acids is 2. The molecule has 0 bridgehead atoms. The highest BCUT2D eigenvalue weighted by molar-refractivity contribution is 6.04. The van der Waals surface area contributed by atoms with Crippen LogP contribution in [-0.4, -0.2) is 21.4 Å². The van der Waals surface area contributed by atoms with Gasteiger partial charge in [-0.05, 0) is 53.9 Å². The van der Waals surface area contributed by atoms with Crippen LogP contribution in [0.1, 0.15) is 38.9 Å². The summed E-state index contributed by atoms with van der Waals surface area (Å²) in [6.45, 7) is 2.59. The molecule has 6 nitrogen and oxygen atoms in total. The SMILES string of the molecule is CCc1ccc(NC(=O)c2cn(Cc3ccc(NC(=O)c4ccccc4F)cc3)cn2)cc1. The Labute approximate surface area is 191 Å². The number of nitrogens with one attached hydrogen (secondary N) is 2. The third-order valence-electron chi connectivity index (χ3n) is 5.18. The van der Waals surface area contributed by atoms with Crippen molar-refractivity contribution in [3.05, 3.63) is 114 Å². The first-order chi connectivity index (χ1) is 16.0. The highest BCUT2D eigenvalue weighted by Gasteiger charge is 2.12. The molecule has 0 saturated carbocycles. The molecule has 2 N–H and O–H groups in total. The fourth-order valence-corrected chi connectivity index (χ4v) is 3.33. The molecule has 0 unspecified atom stereocenters. The molecule has 0 saturated heterocycles. The van der Waals surface area contributed by atoms with E-state index < -0.39 is 11.7 Å². The highest BCUT2D eigenvalue weighted by atomic mass is 19.1. The van der Waals surface area contributed by atoms with Crippen LogP contribution in [0.4, 0.5) is 15.8 Å². The van der Waals surface area contributed by atoms with Gasteiger partial charge in [-0.2, -0.15) is 0 Å². The second-order valence-electron chi connectivity index (χ2n) is 7.57. The fourth-order valence-electron chi connectivity index (χ4n) is 3.33. The number of hydrogen-bond acceptors (Lipinski definition) is 3. The summed E-state index contributed by atoms with van der Waals surface area (Å²) in [5.41, 5.74) is 3.76. The van der Waals surface area contributed by atoms with E-state index >= 15 is 0 Å². The summed E-state index contributed by atoms with van der Waals surface area (Å²) in [7, 11) is 0. The first-order valence-corrected chi connectivity index (χ1v) is 10.6. The lowest BCUT2D eigenvalue weighted by molar-refractivity contribution is 0.101. The van der Waals surface area contributed by atoms with Crippen LogP contribution in [0.15, 0.2) is 85.3 Å². The van der Waals surface area contributed by atoms with E-state index in [0.717, 1.165) is 17.7 Å². The quantitative estimate of drug-likeness (QED) is 0.416. The molecule has 4 aromatic rings. The molecule has 0 aliphatic heterocycles. The van der Waals surface area contributed by atoms with Gasteiger partial charge in [0.15, 0.2) is 0 Å². The maximum Gasteiger partial charge on any atom is 0.275 e. The van der Waals surface area contributed by atoms with Crippen molar-refractivity contribution in [2.75, 3.05) is 10.6 Å². The number of aryl methyl sites for hydroxylation is 1. The van der Waals surface area contributed by atoms with Gasteiger partial charge in [-0.15, -0.1) is 0 Å². The summed E-state index contributed by atoms with van der Waals surface area (Å²) >= 11 is 0. The number of carbonyl (C=O) groups is 2. The van der Waals surface area contributed by atoms with E-state index in [0.29, 0.717) is 17.9 Å². The molecule has 0 aliphatic rings. The summed E-state index contributed by atoms with van der Waals surface area (Å²) in [6.07, 6.45) is 4.23. The average Bonchev–Trinajstić information content (AvgIpc) is 3.30. The molecule has 0 fully saturated rings. The Hall–Kier alpha value is -4.26. The van der Waals surface area contributed by atoms with Gasteiger partial charge < -0.3 is 15.2 Å². The zero-order valence-corrected chi connectivity index (χ0v) is 18.1. The van der Waals surface area contributed by atoms with Crippen molar-refractivity contribution in [3.63, 3.8) is 0 Å². The van der Waals surface area contributed by atoms with Crippen LogP contribution < -0.4 is 10.6 Å². The van der Waals surface area contributed by atoms with Crippen molar-refractivity contribution in [1.82, 2.24) is 9.55 Å². The van der Waals surface area contributed by atoms with Crippen molar-refractivity contribution in [1.29, 1.82) is 0 Å². The molecule has 166 valence electrons. The summed E-state index contributed by atoms with van der Waals surface area (Å²) in [6, 6.07) is 20.8. The first-order valence-electron chi connectivity index (χ1n) is 10.6. The molecule has 0 aliphatic carbocycles. The molecule has 2 amide bonds. The molecule has 7 heteroatoms. The molecule has 1 aromatic heterocycles. The number of imidazole rings is 1. The van der Waals surface area contributed by atoms with Crippen molar-refractivity contribution >= 4 is 23.2 Å². The largest absolute Gasteiger partial charge is 0.332 e. The van der Waals surface area contributed by atoms with Crippen LogP contribution in [0.3, 0.4) is 0 Å². The van der Waals surface area contributed by atoms with Crippen LogP contribution in [0.2, 0.25) is 0 Å². The van der Waals surface area contributed by atoms with Crippen molar-refractivity contribution < 1.29 is 14.0 Å². The van der Waals surface area contributed by atoms with Gasteiger partial charge in [0.2, 0.25) is 0 Å². The average molecular weight is 442 g/mol. The third kappa shape index (κ3) is 5.51. The molecule has 0 spiro atoms. The van der Waals surface area contributed by atoms with Crippen LogP contribution in [0, 0.1) is 5.82 Å². The van der Waals surface area contributed by atoms with Gasteiger partial charge in [0.25, 0.3) is 11.8 Å². The Morgan fingerprint density at radius 3 is 2.09 bits per heavy atom. The lowest BCUT2D eigenvalue weighted by Crippen LogP contribution is -2.13. The minimum atomic E-state index is -0.565. The van der Waals surface area contributed by atoms with Crippen LogP contribution in [0.25, 0.3) is 0 Å². The van der Waals surface area contributed by atoms with E-state index in [1.165, 1.54) is 23.8 Å². The van der Waals surface area contributed by atoms with E-state index in [-0.39, 0.29) is 11.5 Å². The molecule has 0 radical (unpaired) electrons. The number of rotatable bonds is 7. The number of benzene rings is 3. The minimum Gasteiger partial charge on any atom is -0.332 e. The number of aromatic nitrogens is 2. The lowest BCUT2D eigenvalue weighted by Gasteiger charge is -2.08. The first kappa shape index (κ1) is 22.0. The lowest BCUT2D eigenvalue weighted by atomic mass is 10.1. The molecule has 4 rings (SSSR count). The van der Waals surface area contributed by atoms with E-state index in [4.69, 9.17) is 0 Å². The third-order valence-corrected chi connectivity index (χ3v) is 5.18. The monoisotopic (exact) mass is 442 g/mol. The summed E-state index contributed by atoms with van der Waals surface area (Å²) < 4.78 is 15.6. The predicted molar refractivity (Wildman–Crippen MR) is 126 cm³/mol. The summed E-state index contributed by atoms with van der Waals surface area (Å²) in [4.78, 5) is 28.9. The molecule has 3 aromatic carbocycles. The maximum atomic E-state index is 13.8.